The fraction of sp³-hybridized carbons (Fsp3) is 0.250. The summed E-state index contributed by atoms with van der Waals surface area (Å²) in [5.74, 6) is 0.799. The molecule has 1 aromatic heterocycles. The number of nitrogens with zero attached hydrogens (tertiary/aromatic N) is 1. The third kappa shape index (κ3) is 2.40. The molecule has 1 heterocycles. The van der Waals surface area contributed by atoms with E-state index in [1.54, 1.807) is 6.07 Å². The van der Waals surface area contributed by atoms with E-state index in [2.05, 4.69) is 24.0 Å². The first-order chi connectivity index (χ1) is 7.99. The van der Waals surface area contributed by atoms with Crippen LogP contribution < -0.4 is 5.73 Å². The number of aromatic nitrogens is 2. The van der Waals surface area contributed by atoms with Gasteiger partial charge in [0.05, 0.1) is 5.69 Å². The standard InChI is InChI=1S/C12H13Cl2N3/c1-6(2)10-11(16-17-12(10)15)7-3-8(13)5-9(14)4-7/h3-6H,1-2H3,(H3,15,16,17). The first kappa shape index (κ1) is 12.3. The van der Waals surface area contributed by atoms with E-state index in [-0.39, 0.29) is 5.92 Å². The Labute approximate surface area is 110 Å². The van der Waals surface area contributed by atoms with Gasteiger partial charge < -0.3 is 5.73 Å². The maximum Gasteiger partial charge on any atom is 0.149 e. The summed E-state index contributed by atoms with van der Waals surface area (Å²) in [5.41, 5.74) is 8.61. The molecule has 0 radical (unpaired) electrons. The summed E-state index contributed by atoms with van der Waals surface area (Å²) in [7, 11) is 0. The molecule has 2 rings (SSSR count). The minimum absolute atomic E-state index is 0.279. The van der Waals surface area contributed by atoms with E-state index in [9.17, 15) is 0 Å². The largest absolute Gasteiger partial charge is 0.382 e. The molecule has 5 heteroatoms. The van der Waals surface area contributed by atoms with Gasteiger partial charge in [-0.1, -0.05) is 37.0 Å². The Balaban J connectivity index is 2.60. The summed E-state index contributed by atoms with van der Waals surface area (Å²) in [4.78, 5) is 0. The molecule has 3 N–H and O–H groups in total. The molecule has 0 aliphatic heterocycles. The van der Waals surface area contributed by atoms with Gasteiger partial charge in [0.25, 0.3) is 0 Å². The number of hydrogen-bond donors (Lipinski definition) is 2. The molecule has 90 valence electrons. The highest BCUT2D eigenvalue weighted by Crippen LogP contribution is 2.33. The fourth-order valence-corrected chi connectivity index (χ4v) is 2.39. The van der Waals surface area contributed by atoms with Crippen LogP contribution in [0.3, 0.4) is 0 Å². The normalized spacial score (nSPS) is 11.1. The lowest BCUT2D eigenvalue weighted by Crippen LogP contribution is -1.95. The molecule has 0 atom stereocenters. The van der Waals surface area contributed by atoms with Crippen LogP contribution in [0.4, 0.5) is 5.82 Å². The van der Waals surface area contributed by atoms with Crippen molar-refractivity contribution < 1.29 is 0 Å². The number of nitrogens with two attached hydrogens (primary N) is 1. The maximum absolute atomic E-state index is 5.99. The zero-order chi connectivity index (χ0) is 12.6. The van der Waals surface area contributed by atoms with E-state index in [1.165, 1.54) is 0 Å². The van der Waals surface area contributed by atoms with Gasteiger partial charge in [0.1, 0.15) is 5.82 Å². The van der Waals surface area contributed by atoms with Crippen LogP contribution in [-0.2, 0) is 0 Å². The molecule has 2 aromatic rings. The summed E-state index contributed by atoms with van der Waals surface area (Å²) < 4.78 is 0. The number of aromatic amines is 1. The van der Waals surface area contributed by atoms with Crippen molar-refractivity contribution in [2.45, 2.75) is 19.8 Å². The first-order valence-electron chi connectivity index (χ1n) is 5.29. The second kappa shape index (κ2) is 4.59. The van der Waals surface area contributed by atoms with Gasteiger partial charge >= 0.3 is 0 Å². The lowest BCUT2D eigenvalue weighted by atomic mass is 9.99. The zero-order valence-electron chi connectivity index (χ0n) is 9.59. The van der Waals surface area contributed by atoms with Gasteiger partial charge in [-0.25, -0.2) is 0 Å². The van der Waals surface area contributed by atoms with E-state index in [0.717, 1.165) is 16.8 Å². The van der Waals surface area contributed by atoms with Crippen LogP contribution in [0.1, 0.15) is 25.3 Å². The summed E-state index contributed by atoms with van der Waals surface area (Å²) in [6.45, 7) is 4.13. The van der Waals surface area contributed by atoms with Crippen LogP contribution in [0, 0.1) is 0 Å². The van der Waals surface area contributed by atoms with Crippen LogP contribution in [-0.4, -0.2) is 10.2 Å². The highest BCUT2D eigenvalue weighted by atomic mass is 35.5. The smallest absolute Gasteiger partial charge is 0.149 e. The second-order valence-electron chi connectivity index (χ2n) is 4.21. The summed E-state index contributed by atoms with van der Waals surface area (Å²) >= 11 is 12.0. The predicted molar refractivity (Wildman–Crippen MR) is 72.5 cm³/mol. The maximum atomic E-state index is 5.99. The molecule has 3 nitrogen and oxygen atoms in total. The predicted octanol–water partition coefficient (Wildman–Crippen LogP) is 4.09. The van der Waals surface area contributed by atoms with Gasteiger partial charge in [0, 0.05) is 21.2 Å². The van der Waals surface area contributed by atoms with E-state index >= 15 is 0 Å². The number of rotatable bonds is 2. The van der Waals surface area contributed by atoms with Gasteiger partial charge in [0.2, 0.25) is 0 Å². The Morgan fingerprint density at radius 1 is 1.18 bits per heavy atom. The van der Waals surface area contributed by atoms with Crippen molar-refractivity contribution in [3.05, 3.63) is 33.8 Å². The molecule has 0 aliphatic carbocycles. The Morgan fingerprint density at radius 3 is 2.29 bits per heavy atom. The second-order valence-corrected chi connectivity index (χ2v) is 5.08. The van der Waals surface area contributed by atoms with Crippen LogP contribution >= 0.6 is 23.2 Å². The van der Waals surface area contributed by atoms with E-state index in [4.69, 9.17) is 28.9 Å². The summed E-state index contributed by atoms with van der Waals surface area (Å²) in [6.07, 6.45) is 0. The van der Waals surface area contributed by atoms with Gasteiger partial charge in [-0.3, -0.25) is 5.10 Å². The molecule has 0 amide bonds. The molecule has 0 aliphatic rings. The van der Waals surface area contributed by atoms with Crippen molar-refractivity contribution in [1.29, 1.82) is 0 Å². The Hall–Kier alpha value is -1.19. The minimum Gasteiger partial charge on any atom is -0.382 e. The number of benzene rings is 1. The number of halogens is 2. The average molecular weight is 270 g/mol. The number of anilines is 1. The lowest BCUT2D eigenvalue weighted by Gasteiger charge is -2.08. The van der Waals surface area contributed by atoms with E-state index in [0.29, 0.717) is 15.9 Å². The van der Waals surface area contributed by atoms with Crippen molar-refractivity contribution in [2.24, 2.45) is 0 Å². The van der Waals surface area contributed by atoms with Crippen molar-refractivity contribution in [3.8, 4) is 11.3 Å². The monoisotopic (exact) mass is 269 g/mol. The summed E-state index contributed by atoms with van der Waals surface area (Å²) in [5, 5.41) is 8.16. The molecular weight excluding hydrogens is 257 g/mol. The Kier molecular flexibility index (Phi) is 3.31. The minimum atomic E-state index is 0.279. The molecule has 1 aromatic carbocycles. The molecule has 0 spiro atoms. The lowest BCUT2D eigenvalue weighted by molar-refractivity contribution is 0.873. The highest BCUT2D eigenvalue weighted by Gasteiger charge is 2.16. The van der Waals surface area contributed by atoms with Crippen LogP contribution in [0.25, 0.3) is 11.3 Å². The molecule has 17 heavy (non-hydrogen) atoms. The van der Waals surface area contributed by atoms with Crippen molar-refractivity contribution in [1.82, 2.24) is 10.2 Å². The molecular formula is C12H13Cl2N3. The first-order valence-corrected chi connectivity index (χ1v) is 6.05. The van der Waals surface area contributed by atoms with Crippen molar-refractivity contribution in [3.63, 3.8) is 0 Å². The SMILES string of the molecule is CC(C)c1c(N)n[nH]c1-c1cc(Cl)cc(Cl)c1. The van der Waals surface area contributed by atoms with Gasteiger partial charge in [-0.15, -0.1) is 0 Å². The van der Waals surface area contributed by atoms with E-state index < -0.39 is 0 Å². The fourth-order valence-electron chi connectivity index (χ4n) is 1.87. The van der Waals surface area contributed by atoms with Crippen LogP contribution in [0.2, 0.25) is 10.0 Å². The highest BCUT2D eigenvalue weighted by molar-refractivity contribution is 6.35. The number of nitrogens with one attached hydrogen (secondary N) is 1. The number of H-pyrrole nitrogens is 1. The molecule has 0 bridgehead atoms. The average Bonchev–Trinajstić information content (AvgIpc) is 2.58. The number of hydrogen-bond acceptors (Lipinski definition) is 2. The molecule has 0 fully saturated rings. The quantitative estimate of drug-likeness (QED) is 0.863. The Morgan fingerprint density at radius 2 is 1.76 bits per heavy atom. The molecule has 0 saturated carbocycles. The Bertz CT molecular complexity index is 526. The molecule has 0 saturated heterocycles. The third-order valence-corrected chi connectivity index (χ3v) is 3.00. The number of nitrogen functional groups attached to an aromatic ring is 1. The topological polar surface area (TPSA) is 54.7 Å². The van der Waals surface area contributed by atoms with Gasteiger partial charge in [0.15, 0.2) is 0 Å². The zero-order valence-corrected chi connectivity index (χ0v) is 11.1. The van der Waals surface area contributed by atoms with E-state index in [1.807, 2.05) is 12.1 Å². The van der Waals surface area contributed by atoms with Crippen molar-refractivity contribution in [2.75, 3.05) is 5.73 Å². The van der Waals surface area contributed by atoms with Crippen molar-refractivity contribution >= 4 is 29.0 Å². The summed E-state index contributed by atoms with van der Waals surface area (Å²) in [6, 6.07) is 5.37. The van der Waals surface area contributed by atoms with Gasteiger partial charge in [-0.05, 0) is 24.1 Å². The third-order valence-electron chi connectivity index (χ3n) is 2.56. The van der Waals surface area contributed by atoms with Crippen LogP contribution in [0.15, 0.2) is 18.2 Å². The van der Waals surface area contributed by atoms with Gasteiger partial charge in [-0.2, -0.15) is 5.10 Å². The molecule has 0 unspecified atom stereocenters. The van der Waals surface area contributed by atoms with Crippen LogP contribution in [0.5, 0.6) is 0 Å².